The van der Waals surface area contributed by atoms with E-state index in [9.17, 15) is 24.8 Å². The average Bonchev–Trinajstić information content (AvgIpc) is 3.01. The zero-order valence-corrected chi connectivity index (χ0v) is 23.8. The van der Waals surface area contributed by atoms with Crippen LogP contribution in [-0.2, 0) is 27.4 Å². The number of hydrogen-bond donors (Lipinski definition) is 2. The lowest BCUT2D eigenvalue weighted by Gasteiger charge is -2.36. The molecule has 0 aliphatic carbocycles. The fourth-order valence-corrected chi connectivity index (χ4v) is 5.10. The van der Waals surface area contributed by atoms with Crippen molar-refractivity contribution < 1.29 is 24.2 Å². The number of nitrogens with two attached hydrogens (primary N) is 1. The van der Waals surface area contributed by atoms with Gasteiger partial charge < -0.3 is 20.5 Å². The lowest BCUT2D eigenvalue weighted by atomic mass is 9.88. The van der Waals surface area contributed by atoms with Gasteiger partial charge in [-0.05, 0) is 41.3 Å². The largest absolute Gasteiger partial charge is 0.478 e. The van der Waals surface area contributed by atoms with Crippen molar-refractivity contribution in [3.8, 4) is 6.07 Å². The van der Waals surface area contributed by atoms with Crippen molar-refractivity contribution >= 4 is 17.8 Å². The maximum Gasteiger partial charge on any atom is 0.335 e. The Balaban J connectivity index is 1.73. The number of aryl methyl sites for hydroxylation is 1. The predicted octanol–water partition coefficient (Wildman–Crippen LogP) is 4.86. The summed E-state index contributed by atoms with van der Waals surface area (Å²) in [7, 11) is 0. The Morgan fingerprint density at radius 1 is 0.860 bits per heavy atom. The van der Waals surface area contributed by atoms with Crippen LogP contribution in [0.25, 0.3) is 0 Å². The molecule has 2 atom stereocenters. The molecule has 0 saturated heterocycles. The molecule has 0 bridgehead atoms. The van der Waals surface area contributed by atoms with Gasteiger partial charge in [0.15, 0.2) is 0 Å². The minimum atomic E-state index is -1.17. The van der Waals surface area contributed by atoms with Crippen molar-refractivity contribution in [1.29, 1.82) is 5.26 Å². The quantitative estimate of drug-likeness (QED) is 0.234. The van der Waals surface area contributed by atoms with Crippen molar-refractivity contribution in [2.24, 2.45) is 5.73 Å². The summed E-state index contributed by atoms with van der Waals surface area (Å²) < 4.78 is 5.87. The highest BCUT2D eigenvalue weighted by Crippen LogP contribution is 2.29. The zero-order chi connectivity index (χ0) is 30.8. The third-order valence-electron chi connectivity index (χ3n) is 7.15. The van der Waals surface area contributed by atoms with Crippen LogP contribution in [0.5, 0.6) is 0 Å². The van der Waals surface area contributed by atoms with Gasteiger partial charge in [-0.15, -0.1) is 0 Å². The number of aromatic carboxylic acids is 1. The van der Waals surface area contributed by atoms with Crippen LogP contribution in [-0.4, -0.2) is 46.5 Å². The smallest absolute Gasteiger partial charge is 0.335 e. The summed E-state index contributed by atoms with van der Waals surface area (Å²) in [6.07, 6.45) is 0.109. The Morgan fingerprint density at radius 3 is 2.02 bits per heavy atom. The van der Waals surface area contributed by atoms with E-state index >= 15 is 0 Å². The maximum absolute atomic E-state index is 14.6. The number of nitriles is 1. The standard InChI is InChI=1S/C35H33N3O5/c1-24-10-8-11-25(18-24)20-31(33(37)39)38(30(21-36)23-43-22-26-12-9-17-29(19-26)35(41)42)34(40)32(27-13-4-2-5-14-27)28-15-6-3-7-16-28/h2-19,30-32H,20,22-23H2,1H3,(H2,37,39)(H,41,42)/t30-,31-/m0/s1. The molecule has 4 aromatic carbocycles. The molecule has 0 radical (unpaired) electrons. The van der Waals surface area contributed by atoms with Crippen LogP contribution in [0, 0.1) is 18.3 Å². The topological polar surface area (TPSA) is 134 Å². The molecule has 2 amide bonds. The highest BCUT2D eigenvalue weighted by Gasteiger charge is 2.39. The van der Waals surface area contributed by atoms with Gasteiger partial charge in [0.05, 0.1) is 30.8 Å². The number of carboxylic acid groups (broad SMARTS) is 1. The van der Waals surface area contributed by atoms with Gasteiger partial charge in [-0.25, -0.2) is 4.79 Å². The lowest BCUT2D eigenvalue weighted by molar-refractivity contribution is -0.142. The van der Waals surface area contributed by atoms with E-state index in [2.05, 4.69) is 6.07 Å². The van der Waals surface area contributed by atoms with Crippen molar-refractivity contribution in [3.05, 3.63) is 143 Å². The summed E-state index contributed by atoms with van der Waals surface area (Å²) in [6, 6.07) is 32.0. The molecule has 0 spiro atoms. The number of hydrogen-bond acceptors (Lipinski definition) is 5. The molecule has 0 aliphatic heterocycles. The van der Waals surface area contributed by atoms with Gasteiger partial charge in [-0.1, -0.05) is 103 Å². The molecule has 0 aromatic heterocycles. The van der Waals surface area contributed by atoms with E-state index < -0.39 is 35.8 Å². The molecule has 0 unspecified atom stereocenters. The number of benzene rings is 4. The second kappa shape index (κ2) is 14.6. The molecule has 8 nitrogen and oxygen atoms in total. The van der Waals surface area contributed by atoms with Gasteiger partial charge in [-0.2, -0.15) is 5.26 Å². The van der Waals surface area contributed by atoms with Crippen LogP contribution in [0.1, 0.15) is 44.1 Å². The fourth-order valence-electron chi connectivity index (χ4n) is 5.10. The second-order valence-electron chi connectivity index (χ2n) is 10.3. The Morgan fingerprint density at radius 2 is 1.47 bits per heavy atom. The van der Waals surface area contributed by atoms with E-state index in [1.54, 1.807) is 12.1 Å². The normalized spacial score (nSPS) is 12.2. The Hall–Kier alpha value is -5.26. The van der Waals surface area contributed by atoms with Gasteiger partial charge in [0, 0.05) is 6.42 Å². The van der Waals surface area contributed by atoms with E-state index in [1.807, 2.05) is 91.9 Å². The number of ether oxygens (including phenoxy) is 1. The first-order valence-electron chi connectivity index (χ1n) is 13.8. The van der Waals surface area contributed by atoms with Gasteiger partial charge in [0.25, 0.3) is 0 Å². The molecule has 0 aliphatic rings. The number of carbonyl (C=O) groups excluding carboxylic acids is 2. The van der Waals surface area contributed by atoms with E-state index in [0.717, 1.165) is 11.1 Å². The molecule has 0 fully saturated rings. The highest BCUT2D eigenvalue weighted by molar-refractivity contribution is 5.92. The number of amides is 2. The summed E-state index contributed by atoms with van der Waals surface area (Å²) >= 11 is 0. The van der Waals surface area contributed by atoms with Gasteiger partial charge in [0.1, 0.15) is 12.1 Å². The molecule has 3 N–H and O–H groups in total. The lowest BCUT2D eigenvalue weighted by Crippen LogP contribution is -2.56. The van der Waals surface area contributed by atoms with Crippen molar-refractivity contribution in [1.82, 2.24) is 4.90 Å². The molecule has 8 heteroatoms. The summed E-state index contributed by atoms with van der Waals surface area (Å²) in [6.45, 7) is 1.70. The summed E-state index contributed by atoms with van der Waals surface area (Å²) in [5.41, 5.74) is 9.83. The minimum Gasteiger partial charge on any atom is -0.478 e. The predicted molar refractivity (Wildman–Crippen MR) is 162 cm³/mol. The van der Waals surface area contributed by atoms with E-state index in [4.69, 9.17) is 10.5 Å². The SMILES string of the molecule is Cc1cccc(C[C@@H](C(N)=O)N(C(=O)C(c2ccccc2)c2ccccc2)[C@@H](C#N)COCc2cccc(C(=O)O)c2)c1. The van der Waals surface area contributed by atoms with Gasteiger partial charge in [0.2, 0.25) is 11.8 Å². The van der Waals surface area contributed by atoms with E-state index in [0.29, 0.717) is 16.7 Å². The van der Waals surface area contributed by atoms with Crippen molar-refractivity contribution in [3.63, 3.8) is 0 Å². The minimum absolute atomic E-state index is 0.00124. The first-order valence-corrected chi connectivity index (χ1v) is 13.8. The van der Waals surface area contributed by atoms with Crippen LogP contribution < -0.4 is 5.73 Å². The number of rotatable bonds is 13. The van der Waals surface area contributed by atoms with Crippen LogP contribution in [0.3, 0.4) is 0 Å². The number of carboxylic acids is 1. The zero-order valence-electron chi connectivity index (χ0n) is 23.8. The highest BCUT2D eigenvalue weighted by atomic mass is 16.5. The number of carbonyl (C=O) groups is 3. The van der Waals surface area contributed by atoms with Crippen molar-refractivity contribution in [2.75, 3.05) is 6.61 Å². The fraction of sp³-hybridized carbons (Fsp3) is 0.200. The van der Waals surface area contributed by atoms with Crippen LogP contribution in [0.2, 0.25) is 0 Å². The average molecular weight is 576 g/mol. The maximum atomic E-state index is 14.6. The van der Waals surface area contributed by atoms with E-state index in [-0.39, 0.29) is 25.2 Å². The van der Waals surface area contributed by atoms with Crippen LogP contribution in [0.15, 0.2) is 109 Å². The Bertz CT molecular complexity index is 1560. The molecule has 0 saturated carbocycles. The molecule has 4 rings (SSSR count). The third-order valence-corrected chi connectivity index (χ3v) is 7.15. The van der Waals surface area contributed by atoms with Crippen LogP contribution in [0.4, 0.5) is 0 Å². The van der Waals surface area contributed by atoms with Crippen molar-refractivity contribution in [2.45, 2.75) is 38.0 Å². The van der Waals surface area contributed by atoms with Gasteiger partial charge >= 0.3 is 5.97 Å². The number of nitrogens with zero attached hydrogens (tertiary/aromatic N) is 2. The van der Waals surface area contributed by atoms with Crippen LogP contribution >= 0.6 is 0 Å². The van der Waals surface area contributed by atoms with Gasteiger partial charge in [-0.3, -0.25) is 9.59 Å². The molecular formula is C35H33N3O5. The number of primary amides is 1. The molecular weight excluding hydrogens is 542 g/mol. The second-order valence-corrected chi connectivity index (χ2v) is 10.3. The first-order chi connectivity index (χ1) is 20.8. The molecule has 218 valence electrons. The third kappa shape index (κ3) is 7.94. The monoisotopic (exact) mass is 575 g/mol. The Labute approximate surface area is 251 Å². The first kappa shape index (κ1) is 30.7. The molecule has 0 heterocycles. The van der Waals surface area contributed by atoms with E-state index in [1.165, 1.54) is 17.0 Å². The summed E-state index contributed by atoms with van der Waals surface area (Å²) in [5, 5.41) is 19.7. The molecule has 4 aromatic rings. The summed E-state index contributed by atoms with van der Waals surface area (Å²) in [4.78, 5) is 40.4. The molecule has 43 heavy (non-hydrogen) atoms. The summed E-state index contributed by atoms with van der Waals surface area (Å²) in [5.74, 6) is -3.09. The Kier molecular flexibility index (Phi) is 10.4.